The number of carbonyl (C=O) groups is 1. The number of aromatic nitrogens is 2. The van der Waals surface area contributed by atoms with E-state index in [0.717, 1.165) is 42.9 Å². The number of para-hydroxylation sites is 1. The minimum Gasteiger partial charge on any atom is -0.348 e. The molecule has 158 valence electrons. The van der Waals surface area contributed by atoms with E-state index in [-0.39, 0.29) is 24.2 Å². The molecule has 1 amide bonds. The summed E-state index contributed by atoms with van der Waals surface area (Å²) in [6.07, 6.45) is 3.53. The summed E-state index contributed by atoms with van der Waals surface area (Å²) in [4.78, 5) is 13.1. The van der Waals surface area contributed by atoms with Crippen molar-refractivity contribution in [2.24, 2.45) is 0 Å². The van der Waals surface area contributed by atoms with E-state index < -0.39 is 0 Å². The van der Waals surface area contributed by atoms with Gasteiger partial charge in [0.2, 0.25) is 0 Å². The summed E-state index contributed by atoms with van der Waals surface area (Å²) < 4.78 is 1.82. The monoisotopic (exact) mass is 464 g/mol. The molecule has 2 N–H and O–H groups in total. The van der Waals surface area contributed by atoms with Gasteiger partial charge in [-0.15, -0.1) is 12.4 Å². The van der Waals surface area contributed by atoms with Crippen LogP contribution in [-0.4, -0.2) is 28.8 Å². The fourth-order valence-electron chi connectivity index (χ4n) is 3.75. The van der Waals surface area contributed by atoms with Crippen molar-refractivity contribution in [1.82, 2.24) is 20.4 Å². The lowest BCUT2D eigenvalue weighted by Crippen LogP contribution is -2.30. The molecule has 3 aromatic rings. The highest BCUT2D eigenvalue weighted by atomic mass is 35.5. The van der Waals surface area contributed by atoms with Gasteiger partial charge in [-0.1, -0.05) is 53.5 Å². The van der Waals surface area contributed by atoms with Gasteiger partial charge in [0.15, 0.2) is 0 Å². The molecule has 2 heterocycles. The number of benzene rings is 2. The lowest BCUT2D eigenvalue weighted by molar-refractivity contribution is 0.0949. The van der Waals surface area contributed by atoms with E-state index in [0.29, 0.717) is 22.2 Å². The molecule has 1 aliphatic rings. The number of amides is 1. The smallest absolute Gasteiger partial charge is 0.255 e. The fraction of sp³-hybridized carbons (Fsp3) is 0.273. The van der Waals surface area contributed by atoms with Crippen LogP contribution in [0, 0.1) is 0 Å². The summed E-state index contributed by atoms with van der Waals surface area (Å²) in [5, 5.41) is 12.2. The second-order valence-electron chi connectivity index (χ2n) is 7.11. The molecule has 0 radical (unpaired) electrons. The normalized spacial score (nSPS) is 14.2. The molecule has 8 heteroatoms. The Hall–Kier alpha value is -2.05. The first kappa shape index (κ1) is 22.6. The number of nitrogens with zero attached hydrogens (tertiary/aromatic N) is 2. The van der Waals surface area contributed by atoms with E-state index in [9.17, 15) is 4.79 Å². The van der Waals surface area contributed by atoms with Crippen LogP contribution in [0.15, 0.2) is 54.7 Å². The van der Waals surface area contributed by atoms with Crippen molar-refractivity contribution < 1.29 is 4.79 Å². The molecular weight excluding hydrogens is 443 g/mol. The van der Waals surface area contributed by atoms with Crippen molar-refractivity contribution in [1.29, 1.82) is 0 Å². The van der Waals surface area contributed by atoms with Crippen molar-refractivity contribution in [2.75, 3.05) is 13.1 Å². The van der Waals surface area contributed by atoms with Gasteiger partial charge < -0.3 is 10.6 Å². The van der Waals surface area contributed by atoms with Gasteiger partial charge in [0.1, 0.15) is 0 Å². The third kappa shape index (κ3) is 4.81. The van der Waals surface area contributed by atoms with Gasteiger partial charge in [0.25, 0.3) is 5.91 Å². The van der Waals surface area contributed by atoms with Crippen LogP contribution in [0.2, 0.25) is 10.0 Å². The first-order valence-electron chi connectivity index (χ1n) is 9.70. The van der Waals surface area contributed by atoms with E-state index in [1.807, 2.05) is 53.2 Å². The van der Waals surface area contributed by atoms with E-state index in [1.54, 1.807) is 6.20 Å². The molecule has 1 aromatic heterocycles. The van der Waals surface area contributed by atoms with Crippen molar-refractivity contribution in [2.45, 2.75) is 25.3 Å². The lowest BCUT2D eigenvalue weighted by atomic mass is 9.91. The largest absolute Gasteiger partial charge is 0.348 e. The quantitative estimate of drug-likeness (QED) is 0.557. The van der Waals surface area contributed by atoms with Gasteiger partial charge in [-0.05, 0) is 49.7 Å². The molecule has 1 aliphatic heterocycles. The predicted molar refractivity (Wildman–Crippen MR) is 123 cm³/mol. The van der Waals surface area contributed by atoms with Crippen LogP contribution in [-0.2, 0) is 6.54 Å². The molecule has 30 heavy (non-hydrogen) atoms. The molecule has 0 atom stereocenters. The number of hydrogen-bond donors (Lipinski definition) is 2. The Labute approximate surface area is 192 Å². The zero-order valence-corrected chi connectivity index (χ0v) is 18.6. The summed E-state index contributed by atoms with van der Waals surface area (Å²) in [5.41, 5.74) is 3.16. The minimum absolute atomic E-state index is 0. The summed E-state index contributed by atoms with van der Waals surface area (Å²) in [6.45, 7) is 2.19. The first-order chi connectivity index (χ1) is 14.1. The molecule has 5 nitrogen and oxygen atoms in total. The SMILES string of the molecule is Cl.O=C(NCc1ccccc1Cl)c1cnn(-c2ccccc2Cl)c1C1CCNCC1. The Kier molecular flexibility index (Phi) is 7.78. The maximum atomic E-state index is 13.1. The molecule has 4 rings (SSSR count). The summed E-state index contributed by atoms with van der Waals surface area (Å²) in [5.74, 6) is 0.0767. The number of nitrogens with one attached hydrogen (secondary N) is 2. The molecule has 0 saturated carbocycles. The average molecular weight is 466 g/mol. The van der Waals surface area contributed by atoms with Crippen molar-refractivity contribution in [3.8, 4) is 5.69 Å². The van der Waals surface area contributed by atoms with Crippen LogP contribution in [0.1, 0.15) is 40.4 Å². The van der Waals surface area contributed by atoms with Gasteiger partial charge in [-0.25, -0.2) is 4.68 Å². The van der Waals surface area contributed by atoms with E-state index in [1.165, 1.54) is 0 Å². The topological polar surface area (TPSA) is 59.0 Å². The number of piperidine rings is 1. The standard InChI is InChI=1S/C22H22Cl2N4O.ClH/c23-18-6-2-1-5-16(18)13-26-22(29)17-14-27-28(20-8-4-3-7-19(20)24)21(17)15-9-11-25-12-10-15;/h1-8,14-15,25H,9-13H2,(H,26,29);1H. The second kappa shape index (κ2) is 10.3. The van der Waals surface area contributed by atoms with Crippen LogP contribution in [0.4, 0.5) is 0 Å². The van der Waals surface area contributed by atoms with Gasteiger partial charge >= 0.3 is 0 Å². The number of carbonyl (C=O) groups excluding carboxylic acids is 1. The Balaban J connectivity index is 0.00000256. The number of rotatable bonds is 5. The molecule has 2 aromatic carbocycles. The summed E-state index contributed by atoms with van der Waals surface area (Å²) >= 11 is 12.6. The predicted octanol–water partition coefficient (Wildman–Crippen LogP) is 5.00. The van der Waals surface area contributed by atoms with Gasteiger partial charge in [0.05, 0.1) is 28.2 Å². The highest BCUT2D eigenvalue weighted by Crippen LogP contribution is 2.32. The van der Waals surface area contributed by atoms with Crippen LogP contribution < -0.4 is 10.6 Å². The molecule has 0 bridgehead atoms. The van der Waals surface area contributed by atoms with Crippen LogP contribution >= 0.6 is 35.6 Å². The Bertz CT molecular complexity index is 1020. The van der Waals surface area contributed by atoms with Gasteiger partial charge in [-0.2, -0.15) is 5.10 Å². The maximum absolute atomic E-state index is 13.1. The van der Waals surface area contributed by atoms with E-state index in [4.69, 9.17) is 23.2 Å². The third-order valence-corrected chi connectivity index (χ3v) is 5.94. The molecule has 0 aliphatic carbocycles. The fourth-order valence-corrected chi connectivity index (χ4v) is 4.17. The van der Waals surface area contributed by atoms with Crippen molar-refractivity contribution >= 4 is 41.5 Å². The van der Waals surface area contributed by atoms with Crippen LogP contribution in [0.5, 0.6) is 0 Å². The Morgan fingerprint density at radius 2 is 1.73 bits per heavy atom. The zero-order valence-electron chi connectivity index (χ0n) is 16.3. The van der Waals surface area contributed by atoms with Gasteiger partial charge in [0, 0.05) is 17.5 Å². The zero-order chi connectivity index (χ0) is 20.2. The Morgan fingerprint density at radius 1 is 1.07 bits per heavy atom. The van der Waals surface area contributed by atoms with E-state index >= 15 is 0 Å². The summed E-state index contributed by atoms with van der Waals surface area (Å²) in [6, 6.07) is 15.1. The second-order valence-corrected chi connectivity index (χ2v) is 7.92. The summed E-state index contributed by atoms with van der Waals surface area (Å²) in [7, 11) is 0. The maximum Gasteiger partial charge on any atom is 0.255 e. The molecule has 1 saturated heterocycles. The third-order valence-electron chi connectivity index (χ3n) is 5.25. The van der Waals surface area contributed by atoms with Crippen LogP contribution in [0.3, 0.4) is 0 Å². The first-order valence-corrected chi connectivity index (χ1v) is 10.5. The number of hydrogen-bond acceptors (Lipinski definition) is 3. The van der Waals surface area contributed by atoms with Crippen molar-refractivity contribution in [3.05, 3.63) is 81.6 Å². The molecular formula is C22H23Cl3N4O. The van der Waals surface area contributed by atoms with Crippen LogP contribution in [0.25, 0.3) is 5.69 Å². The minimum atomic E-state index is -0.156. The number of halogens is 3. The average Bonchev–Trinajstić information content (AvgIpc) is 3.19. The van der Waals surface area contributed by atoms with Gasteiger partial charge in [-0.3, -0.25) is 4.79 Å². The Morgan fingerprint density at radius 3 is 2.43 bits per heavy atom. The highest BCUT2D eigenvalue weighted by Gasteiger charge is 2.27. The highest BCUT2D eigenvalue weighted by molar-refractivity contribution is 6.32. The molecule has 1 fully saturated rings. The van der Waals surface area contributed by atoms with Crippen molar-refractivity contribution in [3.63, 3.8) is 0 Å². The lowest BCUT2D eigenvalue weighted by Gasteiger charge is -2.25. The molecule has 0 spiro atoms. The van der Waals surface area contributed by atoms with E-state index in [2.05, 4.69) is 15.7 Å². The molecule has 0 unspecified atom stereocenters.